The highest BCUT2D eigenvalue weighted by Crippen LogP contribution is 2.26. The Morgan fingerprint density at radius 2 is 1.58 bits per heavy atom. The second-order valence-corrected chi connectivity index (χ2v) is 4.52. The first kappa shape index (κ1) is 13.2. The van der Waals surface area contributed by atoms with E-state index in [0.29, 0.717) is 6.42 Å². The molecule has 0 saturated carbocycles. The Morgan fingerprint density at radius 1 is 1.00 bits per heavy atom. The first-order valence-electron chi connectivity index (χ1n) is 6.56. The van der Waals surface area contributed by atoms with Crippen molar-refractivity contribution in [3.63, 3.8) is 0 Å². The highest BCUT2D eigenvalue weighted by atomic mass is 15.2. The van der Waals surface area contributed by atoms with Crippen LogP contribution in [0.15, 0.2) is 60.7 Å². The smallest absolute Gasteiger partial charge is 0.0640 e. The van der Waals surface area contributed by atoms with E-state index >= 15 is 0 Å². The fourth-order valence-electron chi connectivity index (χ4n) is 2.25. The van der Waals surface area contributed by atoms with Gasteiger partial charge >= 0.3 is 0 Å². The number of hydrogen-bond donors (Lipinski definition) is 0. The molecule has 96 valence electrons. The highest BCUT2D eigenvalue weighted by molar-refractivity contribution is 5.48. The van der Waals surface area contributed by atoms with E-state index in [9.17, 15) is 0 Å². The number of benzene rings is 2. The molecule has 2 heteroatoms. The number of anilines is 1. The normalized spacial score (nSPS) is 11.6. The zero-order valence-corrected chi connectivity index (χ0v) is 11.2. The van der Waals surface area contributed by atoms with Crippen LogP contribution < -0.4 is 4.90 Å². The topological polar surface area (TPSA) is 27.0 Å². The van der Waals surface area contributed by atoms with E-state index in [1.54, 1.807) is 0 Å². The Labute approximate surface area is 114 Å². The van der Waals surface area contributed by atoms with Crippen LogP contribution >= 0.6 is 0 Å². The third kappa shape index (κ3) is 3.35. The molecule has 1 unspecified atom stereocenters. The Morgan fingerprint density at radius 3 is 2.16 bits per heavy atom. The molecule has 0 aliphatic heterocycles. The van der Waals surface area contributed by atoms with Crippen molar-refractivity contribution in [3.8, 4) is 6.07 Å². The van der Waals surface area contributed by atoms with Crippen molar-refractivity contribution >= 4 is 5.69 Å². The number of nitriles is 1. The van der Waals surface area contributed by atoms with Gasteiger partial charge in [-0.2, -0.15) is 5.26 Å². The molecule has 0 heterocycles. The quantitative estimate of drug-likeness (QED) is 0.796. The van der Waals surface area contributed by atoms with Gasteiger partial charge in [-0.3, -0.25) is 0 Å². The molecule has 0 aliphatic carbocycles. The monoisotopic (exact) mass is 250 g/mol. The Kier molecular flexibility index (Phi) is 4.58. The molecule has 2 aromatic carbocycles. The summed E-state index contributed by atoms with van der Waals surface area (Å²) >= 11 is 0. The number of nitrogens with zero attached hydrogens (tertiary/aromatic N) is 2. The lowest BCUT2D eigenvalue weighted by Gasteiger charge is -2.31. The van der Waals surface area contributed by atoms with Gasteiger partial charge in [0.15, 0.2) is 0 Å². The lowest BCUT2D eigenvalue weighted by Crippen LogP contribution is -2.27. The average Bonchev–Trinajstić information content (AvgIpc) is 2.49. The lowest BCUT2D eigenvalue weighted by molar-refractivity contribution is 0.674. The van der Waals surface area contributed by atoms with E-state index in [4.69, 9.17) is 5.26 Å². The summed E-state index contributed by atoms with van der Waals surface area (Å²) in [6, 6.07) is 23.2. The lowest BCUT2D eigenvalue weighted by atomic mass is 10.1. The fraction of sp³-hybridized carbons (Fsp3) is 0.235. The number of hydrogen-bond acceptors (Lipinski definition) is 2. The van der Waals surface area contributed by atoms with Gasteiger partial charge in [0.2, 0.25) is 0 Å². The van der Waals surface area contributed by atoms with E-state index in [2.05, 4.69) is 54.3 Å². The van der Waals surface area contributed by atoms with Crippen molar-refractivity contribution in [1.29, 1.82) is 5.26 Å². The van der Waals surface area contributed by atoms with Crippen molar-refractivity contribution in [2.24, 2.45) is 0 Å². The summed E-state index contributed by atoms with van der Waals surface area (Å²) in [5.41, 5.74) is 2.43. The van der Waals surface area contributed by atoms with E-state index in [-0.39, 0.29) is 6.04 Å². The van der Waals surface area contributed by atoms with Crippen LogP contribution in [0.3, 0.4) is 0 Å². The van der Waals surface area contributed by atoms with Crippen LogP contribution in [0.5, 0.6) is 0 Å². The zero-order chi connectivity index (χ0) is 13.5. The first-order valence-corrected chi connectivity index (χ1v) is 6.56. The van der Waals surface area contributed by atoms with Crippen LogP contribution in [0.1, 0.15) is 24.9 Å². The van der Waals surface area contributed by atoms with Crippen LogP contribution in [-0.4, -0.2) is 6.54 Å². The number of rotatable bonds is 5. The van der Waals surface area contributed by atoms with Gasteiger partial charge < -0.3 is 4.90 Å². The molecule has 0 bridgehead atoms. The van der Waals surface area contributed by atoms with Gasteiger partial charge in [-0.15, -0.1) is 0 Å². The molecule has 2 rings (SSSR count). The van der Waals surface area contributed by atoms with Gasteiger partial charge in [0.05, 0.1) is 18.5 Å². The minimum atomic E-state index is 0.261. The second kappa shape index (κ2) is 6.61. The average molecular weight is 250 g/mol. The number of para-hydroxylation sites is 1. The van der Waals surface area contributed by atoms with Crippen LogP contribution in [-0.2, 0) is 0 Å². The third-order valence-electron chi connectivity index (χ3n) is 3.30. The van der Waals surface area contributed by atoms with Crippen LogP contribution in [0.25, 0.3) is 0 Å². The summed E-state index contributed by atoms with van der Waals surface area (Å²) in [7, 11) is 0. The molecule has 0 fully saturated rings. The molecule has 0 spiro atoms. The second-order valence-electron chi connectivity index (χ2n) is 4.52. The molecule has 0 aliphatic rings. The van der Waals surface area contributed by atoms with E-state index in [1.807, 2.05) is 24.3 Å². The molecule has 0 radical (unpaired) electrons. The molecule has 0 saturated heterocycles. The van der Waals surface area contributed by atoms with Gasteiger partial charge in [0.1, 0.15) is 0 Å². The van der Waals surface area contributed by atoms with Crippen molar-refractivity contribution < 1.29 is 0 Å². The molecular weight excluding hydrogens is 232 g/mol. The summed E-state index contributed by atoms with van der Waals surface area (Å²) in [4.78, 5) is 2.28. The van der Waals surface area contributed by atoms with Crippen molar-refractivity contribution in [2.75, 3.05) is 11.4 Å². The van der Waals surface area contributed by atoms with Crippen LogP contribution in [0.2, 0.25) is 0 Å². The van der Waals surface area contributed by atoms with E-state index < -0.39 is 0 Å². The molecule has 2 nitrogen and oxygen atoms in total. The fourth-order valence-corrected chi connectivity index (χ4v) is 2.25. The third-order valence-corrected chi connectivity index (χ3v) is 3.30. The molecule has 0 N–H and O–H groups in total. The summed E-state index contributed by atoms with van der Waals surface area (Å²) in [5.74, 6) is 0. The molecule has 2 aromatic rings. The van der Waals surface area contributed by atoms with Crippen molar-refractivity contribution in [3.05, 3.63) is 66.2 Å². The van der Waals surface area contributed by atoms with Gasteiger partial charge in [-0.25, -0.2) is 0 Å². The minimum absolute atomic E-state index is 0.261. The summed E-state index contributed by atoms with van der Waals surface area (Å²) < 4.78 is 0. The van der Waals surface area contributed by atoms with Crippen molar-refractivity contribution in [1.82, 2.24) is 0 Å². The largest absolute Gasteiger partial charge is 0.364 e. The SMILES string of the molecule is CC(c1ccccc1)N(CCC#N)c1ccccc1. The van der Waals surface area contributed by atoms with Crippen LogP contribution in [0, 0.1) is 11.3 Å². The summed E-state index contributed by atoms with van der Waals surface area (Å²) in [6.07, 6.45) is 0.534. The molecule has 19 heavy (non-hydrogen) atoms. The maximum Gasteiger partial charge on any atom is 0.0640 e. The maximum absolute atomic E-state index is 8.84. The first-order chi connectivity index (χ1) is 9.33. The van der Waals surface area contributed by atoms with E-state index in [1.165, 1.54) is 5.56 Å². The van der Waals surface area contributed by atoms with Gasteiger partial charge in [0, 0.05) is 12.2 Å². The minimum Gasteiger partial charge on any atom is -0.364 e. The van der Waals surface area contributed by atoms with Crippen LogP contribution in [0.4, 0.5) is 5.69 Å². The molecule has 1 atom stereocenters. The standard InChI is InChI=1S/C17H18N2/c1-15(16-9-4-2-5-10-16)19(14-8-13-18)17-11-6-3-7-12-17/h2-7,9-12,15H,8,14H2,1H3. The molecule has 0 amide bonds. The maximum atomic E-state index is 8.84. The predicted molar refractivity (Wildman–Crippen MR) is 78.9 cm³/mol. The predicted octanol–water partition coefficient (Wildman–Crippen LogP) is 4.17. The summed E-state index contributed by atoms with van der Waals surface area (Å²) in [6.45, 7) is 2.93. The summed E-state index contributed by atoms with van der Waals surface area (Å²) in [5, 5.41) is 8.84. The Balaban J connectivity index is 2.26. The van der Waals surface area contributed by atoms with Crippen molar-refractivity contribution in [2.45, 2.75) is 19.4 Å². The highest BCUT2D eigenvalue weighted by Gasteiger charge is 2.15. The zero-order valence-electron chi connectivity index (χ0n) is 11.2. The van der Waals surface area contributed by atoms with E-state index in [0.717, 1.165) is 12.2 Å². The molecule has 0 aromatic heterocycles. The Bertz CT molecular complexity index is 528. The van der Waals surface area contributed by atoms with Gasteiger partial charge in [-0.1, -0.05) is 48.5 Å². The van der Waals surface area contributed by atoms with Gasteiger partial charge in [-0.05, 0) is 24.6 Å². The van der Waals surface area contributed by atoms with Gasteiger partial charge in [0.25, 0.3) is 0 Å². The Hall–Kier alpha value is -2.27. The molecular formula is C17H18N2.